The summed E-state index contributed by atoms with van der Waals surface area (Å²) in [7, 11) is 0. The summed E-state index contributed by atoms with van der Waals surface area (Å²) in [5.41, 5.74) is 5.65. The van der Waals surface area contributed by atoms with Crippen LogP contribution in [-0.2, 0) is 4.79 Å². The third-order valence-corrected chi connectivity index (χ3v) is 2.02. The maximum Gasteiger partial charge on any atom is 0.150 e. The van der Waals surface area contributed by atoms with Crippen molar-refractivity contribution < 1.29 is 4.79 Å². The molecule has 0 spiro atoms. The first kappa shape index (κ1) is 8.29. The minimum atomic E-state index is -0.233. The molecule has 0 amide bonds. The third kappa shape index (κ3) is 2.36. The van der Waals surface area contributed by atoms with E-state index < -0.39 is 0 Å². The summed E-state index contributed by atoms with van der Waals surface area (Å²) in [6.45, 7) is 0. The average molecular weight is 151 g/mol. The second-order valence-corrected chi connectivity index (χ2v) is 3.03. The molecule has 0 heterocycles. The van der Waals surface area contributed by atoms with Crippen LogP contribution in [0.5, 0.6) is 0 Å². The van der Waals surface area contributed by atoms with Gasteiger partial charge in [0.2, 0.25) is 0 Å². The van der Waals surface area contributed by atoms with Crippen molar-refractivity contribution in [2.75, 3.05) is 0 Å². The second-order valence-electron chi connectivity index (χ2n) is 3.03. The molecule has 2 nitrogen and oxygen atoms in total. The molecule has 0 aromatic carbocycles. The normalized spacial score (nSPS) is 18.9. The molecule has 1 aliphatic rings. The van der Waals surface area contributed by atoms with Crippen LogP contribution in [0.1, 0.15) is 25.7 Å². The van der Waals surface area contributed by atoms with E-state index in [2.05, 4.69) is 5.92 Å². The number of ketones is 1. The molecule has 1 aliphatic carbocycles. The zero-order valence-electron chi connectivity index (χ0n) is 6.55. The lowest BCUT2D eigenvalue weighted by molar-refractivity contribution is -0.120. The summed E-state index contributed by atoms with van der Waals surface area (Å²) in [6, 6.07) is -0.233. The number of carbonyl (C=O) groups is 1. The molecule has 2 heteroatoms. The van der Waals surface area contributed by atoms with Gasteiger partial charge in [-0.1, -0.05) is 0 Å². The number of hydrogen-bond donors (Lipinski definition) is 1. The largest absolute Gasteiger partial charge is 0.321 e. The Morgan fingerprint density at radius 1 is 1.73 bits per heavy atom. The van der Waals surface area contributed by atoms with Gasteiger partial charge in [-0.05, 0) is 18.8 Å². The molecule has 1 fully saturated rings. The Morgan fingerprint density at radius 2 is 2.36 bits per heavy atom. The molecule has 0 bridgehead atoms. The summed E-state index contributed by atoms with van der Waals surface area (Å²) in [5, 5.41) is 0. The Morgan fingerprint density at radius 3 is 2.82 bits per heavy atom. The number of rotatable bonds is 4. The minimum absolute atomic E-state index is 0.130. The van der Waals surface area contributed by atoms with E-state index in [9.17, 15) is 4.79 Å². The van der Waals surface area contributed by atoms with Crippen molar-refractivity contribution in [2.45, 2.75) is 31.7 Å². The first-order valence-electron chi connectivity index (χ1n) is 3.97. The van der Waals surface area contributed by atoms with Crippen LogP contribution < -0.4 is 5.73 Å². The van der Waals surface area contributed by atoms with Crippen molar-refractivity contribution in [2.24, 2.45) is 11.7 Å². The second kappa shape index (κ2) is 3.54. The number of terminal acetylenes is 1. The minimum Gasteiger partial charge on any atom is -0.321 e. The summed E-state index contributed by atoms with van der Waals surface area (Å²) < 4.78 is 0. The van der Waals surface area contributed by atoms with E-state index in [1.165, 1.54) is 0 Å². The molecular formula is C9H13NO. The molecule has 1 atom stereocenters. The summed E-state index contributed by atoms with van der Waals surface area (Å²) in [4.78, 5) is 11.2. The van der Waals surface area contributed by atoms with Gasteiger partial charge in [-0.2, -0.15) is 0 Å². The van der Waals surface area contributed by atoms with Crippen molar-refractivity contribution in [1.29, 1.82) is 0 Å². The summed E-state index contributed by atoms with van der Waals surface area (Å²) >= 11 is 0. The van der Waals surface area contributed by atoms with Crippen LogP contribution in [-0.4, -0.2) is 11.8 Å². The van der Waals surface area contributed by atoms with Gasteiger partial charge in [0.05, 0.1) is 6.04 Å². The van der Waals surface area contributed by atoms with Crippen molar-refractivity contribution in [3.05, 3.63) is 0 Å². The Kier molecular flexibility index (Phi) is 2.67. The van der Waals surface area contributed by atoms with E-state index in [0.29, 0.717) is 18.8 Å². The topological polar surface area (TPSA) is 43.1 Å². The monoisotopic (exact) mass is 151 g/mol. The molecule has 60 valence electrons. The first-order chi connectivity index (χ1) is 5.25. The molecule has 1 saturated carbocycles. The van der Waals surface area contributed by atoms with Crippen molar-refractivity contribution in [1.82, 2.24) is 0 Å². The lowest BCUT2D eigenvalue weighted by Crippen LogP contribution is -2.32. The molecule has 1 unspecified atom stereocenters. The summed E-state index contributed by atoms with van der Waals surface area (Å²) in [6.07, 6.45) is 8.23. The zero-order chi connectivity index (χ0) is 8.27. The quantitative estimate of drug-likeness (QED) is 0.601. The van der Waals surface area contributed by atoms with E-state index in [4.69, 9.17) is 12.2 Å². The predicted molar refractivity (Wildman–Crippen MR) is 43.8 cm³/mol. The Balaban J connectivity index is 2.23. The van der Waals surface area contributed by atoms with Crippen molar-refractivity contribution in [3.63, 3.8) is 0 Å². The molecule has 0 saturated heterocycles. The van der Waals surface area contributed by atoms with E-state index in [1.54, 1.807) is 0 Å². The van der Waals surface area contributed by atoms with E-state index in [1.807, 2.05) is 0 Å². The number of nitrogens with two attached hydrogens (primary N) is 1. The van der Waals surface area contributed by atoms with Gasteiger partial charge in [0, 0.05) is 12.8 Å². The van der Waals surface area contributed by atoms with Gasteiger partial charge in [0.15, 0.2) is 5.78 Å². The van der Waals surface area contributed by atoms with Crippen LogP contribution in [0.15, 0.2) is 0 Å². The van der Waals surface area contributed by atoms with E-state index in [-0.39, 0.29) is 11.8 Å². The molecule has 2 N–H and O–H groups in total. The van der Waals surface area contributed by atoms with Gasteiger partial charge >= 0.3 is 0 Å². The fraction of sp³-hybridized carbons (Fsp3) is 0.667. The number of carbonyl (C=O) groups excluding carboxylic acids is 1. The van der Waals surface area contributed by atoms with Crippen molar-refractivity contribution in [3.8, 4) is 12.3 Å². The molecule has 0 radical (unpaired) electrons. The van der Waals surface area contributed by atoms with Gasteiger partial charge < -0.3 is 5.73 Å². The standard InChI is InChI=1S/C9H13NO/c1-2-3-4-8(11)9(10)7-5-6-7/h1,7,9H,3-6,10H2. The molecule has 0 aromatic rings. The average Bonchev–Trinajstić information content (AvgIpc) is 2.81. The fourth-order valence-corrected chi connectivity index (χ4v) is 1.08. The maximum absolute atomic E-state index is 11.2. The molecule has 1 rings (SSSR count). The molecule has 11 heavy (non-hydrogen) atoms. The lowest BCUT2D eigenvalue weighted by Gasteiger charge is -2.06. The highest BCUT2D eigenvalue weighted by Crippen LogP contribution is 2.32. The highest BCUT2D eigenvalue weighted by atomic mass is 16.1. The highest BCUT2D eigenvalue weighted by molar-refractivity contribution is 5.84. The lowest BCUT2D eigenvalue weighted by atomic mass is 10.1. The first-order valence-corrected chi connectivity index (χ1v) is 3.97. The smallest absolute Gasteiger partial charge is 0.150 e. The van der Waals surface area contributed by atoms with Crippen LogP contribution in [0.2, 0.25) is 0 Å². The van der Waals surface area contributed by atoms with E-state index in [0.717, 1.165) is 12.8 Å². The number of Topliss-reactive ketones (excluding diaryl/α,β-unsaturated/α-hetero) is 1. The van der Waals surface area contributed by atoms with Gasteiger partial charge in [-0.15, -0.1) is 12.3 Å². The Bertz CT molecular complexity index is 188. The molecule has 0 aromatic heterocycles. The maximum atomic E-state index is 11.2. The number of hydrogen-bond acceptors (Lipinski definition) is 2. The van der Waals surface area contributed by atoms with Crippen LogP contribution >= 0.6 is 0 Å². The fourth-order valence-electron chi connectivity index (χ4n) is 1.08. The Labute approximate surface area is 67.2 Å². The van der Waals surface area contributed by atoms with Crippen LogP contribution in [0.4, 0.5) is 0 Å². The van der Waals surface area contributed by atoms with E-state index >= 15 is 0 Å². The summed E-state index contributed by atoms with van der Waals surface area (Å²) in [5.74, 6) is 3.03. The van der Waals surface area contributed by atoms with Gasteiger partial charge in [-0.25, -0.2) is 0 Å². The molecular weight excluding hydrogens is 138 g/mol. The third-order valence-electron chi connectivity index (χ3n) is 2.02. The van der Waals surface area contributed by atoms with Crippen LogP contribution in [0.25, 0.3) is 0 Å². The Hall–Kier alpha value is -0.810. The SMILES string of the molecule is C#CCCC(=O)C(N)C1CC1. The van der Waals surface area contributed by atoms with Gasteiger partial charge in [-0.3, -0.25) is 4.79 Å². The molecule has 0 aliphatic heterocycles. The zero-order valence-corrected chi connectivity index (χ0v) is 6.55. The van der Waals surface area contributed by atoms with Crippen LogP contribution in [0, 0.1) is 18.3 Å². The van der Waals surface area contributed by atoms with Crippen molar-refractivity contribution >= 4 is 5.78 Å². The highest BCUT2D eigenvalue weighted by Gasteiger charge is 2.32. The van der Waals surface area contributed by atoms with Gasteiger partial charge in [0.1, 0.15) is 0 Å². The van der Waals surface area contributed by atoms with Crippen LogP contribution in [0.3, 0.4) is 0 Å². The predicted octanol–water partition coefficient (Wildman–Crippen LogP) is 0.706. The van der Waals surface area contributed by atoms with Gasteiger partial charge in [0.25, 0.3) is 0 Å².